The maximum atomic E-state index is 2.18. The summed E-state index contributed by atoms with van der Waals surface area (Å²) in [7, 11) is 0. The van der Waals surface area contributed by atoms with Crippen LogP contribution in [0.5, 0.6) is 0 Å². The summed E-state index contributed by atoms with van der Waals surface area (Å²) >= 11 is 0. The van der Waals surface area contributed by atoms with E-state index in [1.54, 1.807) is 0 Å². The van der Waals surface area contributed by atoms with Crippen molar-refractivity contribution in [2.24, 2.45) is 0 Å². The van der Waals surface area contributed by atoms with E-state index in [0.717, 1.165) is 6.42 Å². The summed E-state index contributed by atoms with van der Waals surface area (Å²) in [4.78, 5) is 0. The Hall–Kier alpha value is -1.56. The van der Waals surface area contributed by atoms with Gasteiger partial charge in [-0.15, -0.1) is 0 Å². The first-order valence-electron chi connectivity index (χ1n) is 6.20. The van der Waals surface area contributed by atoms with E-state index >= 15 is 0 Å². The third kappa shape index (κ3) is 6.24. The maximum absolute atomic E-state index is 2.18. The van der Waals surface area contributed by atoms with Crippen LogP contribution in [0.15, 0.2) is 48.5 Å². The van der Waals surface area contributed by atoms with Gasteiger partial charge in [0.25, 0.3) is 0 Å². The fraction of sp³-hybridized carbons (Fsp3) is 0.333. The first-order chi connectivity index (χ1) is 8.11. The van der Waals surface area contributed by atoms with Gasteiger partial charge in [-0.3, -0.25) is 0 Å². The van der Waals surface area contributed by atoms with E-state index in [-0.39, 0.29) is 7.43 Å². The van der Waals surface area contributed by atoms with Crippen molar-refractivity contribution in [3.05, 3.63) is 70.8 Å². The van der Waals surface area contributed by atoms with Crippen molar-refractivity contribution >= 4 is 0 Å². The highest BCUT2D eigenvalue weighted by Gasteiger charge is 1.84. The summed E-state index contributed by atoms with van der Waals surface area (Å²) in [5.41, 5.74) is 5.42. The zero-order valence-electron chi connectivity index (χ0n) is 11.3. The smallest absolute Gasteiger partial charge is 0.0307 e. The highest BCUT2D eigenvalue weighted by Crippen LogP contribution is 2.02. The Morgan fingerprint density at radius 3 is 1.17 bits per heavy atom. The minimum atomic E-state index is 0. The molecule has 0 spiro atoms. The van der Waals surface area contributed by atoms with E-state index in [2.05, 4.69) is 76.2 Å². The van der Waals surface area contributed by atoms with Gasteiger partial charge in [0.1, 0.15) is 0 Å². The van der Waals surface area contributed by atoms with Crippen molar-refractivity contribution in [1.29, 1.82) is 0 Å². The predicted octanol–water partition coefficient (Wildman–Crippen LogP) is 5.50. The first kappa shape index (κ1) is 16.4. The van der Waals surface area contributed by atoms with Gasteiger partial charge in [0, 0.05) is 0 Å². The van der Waals surface area contributed by atoms with Gasteiger partial charge in [-0.1, -0.05) is 79.6 Å². The molecule has 0 saturated carbocycles. The average molecular weight is 242 g/mol. The van der Waals surface area contributed by atoms with Crippen molar-refractivity contribution < 1.29 is 0 Å². The van der Waals surface area contributed by atoms with E-state index < -0.39 is 0 Å². The highest BCUT2D eigenvalue weighted by atomic mass is 13.9. The van der Waals surface area contributed by atoms with Crippen LogP contribution in [-0.2, 0) is 6.42 Å². The van der Waals surface area contributed by atoms with Gasteiger partial charge in [0.05, 0.1) is 0 Å². The Morgan fingerprint density at radius 2 is 0.889 bits per heavy atom. The van der Waals surface area contributed by atoms with Gasteiger partial charge < -0.3 is 0 Å². The fourth-order valence-corrected chi connectivity index (χ4v) is 1.46. The van der Waals surface area contributed by atoms with Gasteiger partial charge in [-0.2, -0.15) is 0 Å². The average Bonchev–Trinajstić information content (AvgIpc) is 2.35. The second-order valence-corrected chi connectivity index (χ2v) is 4.49. The summed E-state index contributed by atoms with van der Waals surface area (Å²) in [5, 5.41) is 0. The van der Waals surface area contributed by atoms with Crippen LogP contribution in [-0.4, -0.2) is 0 Å². The zero-order valence-corrected chi connectivity index (χ0v) is 11.3. The molecule has 98 valence electrons. The van der Waals surface area contributed by atoms with Crippen LogP contribution in [0.3, 0.4) is 0 Å². The lowest BCUT2D eigenvalue weighted by Crippen LogP contribution is -1.77. The molecule has 0 aromatic heterocycles. The van der Waals surface area contributed by atoms with Gasteiger partial charge in [-0.05, 0) is 32.8 Å². The maximum Gasteiger partial charge on any atom is -0.0307 e. The van der Waals surface area contributed by atoms with Crippen molar-refractivity contribution in [1.82, 2.24) is 0 Å². The lowest BCUT2D eigenvalue weighted by Gasteiger charge is -1.94. The van der Waals surface area contributed by atoms with Crippen LogP contribution in [0.2, 0.25) is 0 Å². The highest BCUT2D eigenvalue weighted by molar-refractivity contribution is 5.21. The quantitative estimate of drug-likeness (QED) is 0.619. The van der Waals surface area contributed by atoms with Gasteiger partial charge in [-0.25, -0.2) is 0 Å². The Morgan fingerprint density at radius 1 is 0.611 bits per heavy atom. The summed E-state index contributed by atoms with van der Waals surface area (Å²) in [6, 6.07) is 17.1. The summed E-state index contributed by atoms with van der Waals surface area (Å²) in [6.07, 6.45) is 1.14. The normalized spacial score (nSPS) is 8.89. The van der Waals surface area contributed by atoms with Crippen LogP contribution >= 0.6 is 0 Å². The topological polar surface area (TPSA) is 0 Å². The lowest BCUT2D eigenvalue weighted by atomic mass is 10.1. The number of aryl methyl sites for hydroxylation is 4. The van der Waals surface area contributed by atoms with E-state index in [0.29, 0.717) is 0 Å². The van der Waals surface area contributed by atoms with Gasteiger partial charge >= 0.3 is 0 Å². The Labute approximate surface area is 113 Å². The van der Waals surface area contributed by atoms with E-state index in [9.17, 15) is 0 Å². The monoisotopic (exact) mass is 242 g/mol. The van der Waals surface area contributed by atoms with E-state index in [1.165, 1.54) is 22.3 Å². The molecule has 0 radical (unpaired) electrons. The molecule has 0 saturated heterocycles. The molecule has 0 aliphatic heterocycles. The molecule has 0 bridgehead atoms. The molecule has 0 amide bonds. The minimum absolute atomic E-state index is 0. The molecule has 0 heteroatoms. The molecule has 0 nitrogen and oxygen atoms in total. The molecule has 0 heterocycles. The fourth-order valence-electron chi connectivity index (χ4n) is 1.46. The number of hydrogen-bond acceptors (Lipinski definition) is 0. The molecule has 0 aliphatic carbocycles. The van der Waals surface area contributed by atoms with Crippen molar-refractivity contribution in [2.45, 2.75) is 41.5 Å². The predicted molar refractivity (Wildman–Crippen MR) is 83.2 cm³/mol. The van der Waals surface area contributed by atoms with E-state index in [1.807, 2.05) is 0 Å². The molecule has 0 unspecified atom stereocenters. The van der Waals surface area contributed by atoms with Crippen molar-refractivity contribution in [2.75, 3.05) is 0 Å². The Balaban J connectivity index is 0.000000306. The second-order valence-electron chi connectivity index (χ2n) is 4.49. The Bertz CT molecular complexity index is 400. The Kier molecular flexibility index (Phi) is 7.78. The number of rotatable bonds is 1. The SMILES string of the molecule is C.CCc1ccc(C)cc1.Cc1ccc(C)cc1. The largest absolute Gasteiger partial charge is 0.0776 e. The van der Waals surface area contributed by atoms with Crippen LogP contribution in [0.25, 0.3) is 0 Å². The first-order valence-corrected chi connectivity index (χ1v) is 6.20. The molecule has 0 fully saturated rings. The minimum Gasteiger partial charge on any atom is -0.0776 e. The van der Waals surface area contributed by atoms with Crippen LogP contribution < -0.4 is 0 Å². The molecule has 2 aromatic rings. The van der Waals surface area contributed by atoms with Crippen molar-refractivity contribution in [3.8, 4) is 0 Å². The molecule has 2 aromatic carbocycles. The third-order valence-electron chi connectivity index (χ3n) is 2.75. The molecular formula is C18H26. The van der Waals surface area contributed by atoms with Crippen LogP contribution in [0.1, 0.15) is 36.6 Å². The third-order valence-corrected chi connectivity index (χ3v) is 2.75. The standard InChI is InChI=1S/C9H12.C8H10.CH4/c1-3-9-6-4-8(2)5-7-9;1-7-3-5-8(2)6-4-7;/h4-7H,3H2,1-2H3;3-6H,1-2H3;1H4. The van der Waals surface area contributed by atoms with Crippen molar-refractivity contribution in [3.63, 3.8) is 0 Å². The molecule has 0 atom stereocenters. The van der Waals surface area contributed by atoms with Crippen LogP contribution in [0, 0.1) is 20.8 Å². The molecular weight excluding hydrogens is 216 g/mol. The number of benzene rings is 2. The summed E-state index contributed by atoms with van der Waals surface area (Å²) < 4.78 is 0. The van der Waals surface area contributed by atoms with Crippen LogP contribution in [0.4, 0.5) is 0 Å². The summed E-state index contributed by atoms with van der Waals surface area (Å²) in [6.45, 7) is 8.48. The van der Waals surface area contributed by atoms with E-state index in [4.69, 9.17) is 0 Å². The molecule has 2 rings (SSSR count). The lowest BCUT2D eigenvalue weighted by molar-refractivity contribution is 1.14. The zero-order chi connectivity index (χ0) is 12.7. The molecule has 0 N–H and O–H groups in total. The van der Waals surface area contributed by atoms with Gasteiger partial charge in [0.15, 0.2) is 0 Å². The summed E-state index contributed by atoms with van der Waals surface area (Å²) in [5.74, 6) is 0. The molecule has 18 heavy (non-hydrogen) atoms. The van der Waals surface area contributed by atoms with Gasteiger partial charge in [0.2, 0.25) is 0 Å². The molecule has 0 aliphatic rings. The second kappa shape index (κ2) is 8.52. The number of hydrogen-bond donors (Lipinski definition) is 0.